The fourth-order valence-corrected chi connectivity index (χ4v) is 3.22. The van der Waals surface area contributed by atoms with E-state index in [1.807, 2.05) is 54.6 Å². The van der Waals surface area contributed by atoms with Gasteiger partial charge in [-0.3, -0.25) is 4.79 Å². The molecule has 7 heteroatoms. The van der Waals surface area contributed by atoms with Crippen LogP contribution in [0.5, 0.6) is 17.2 Å². The van der Waals surface area contributed by atoms with Gasteiger partial charge in [-0.15, -0.1) is 0 Å². The molecule has 3 rings (SSSR count). The van der Waals surface area contributed by atoms with Gasteiger partial charge in [0.15, 0.2) is 12.2 Å². The van der Waals surface area contributed by atoms with E-state index in [0.717, 1.165) is 22.6 Å². The number of hydrogen-bond acceptors (Lipinski definition) is 5. The van der Waals surface area contributed by atoms with Gasteiger partial charge in [-0.2, -0.15) is 0 Å². The van der Waals surface area contributed by atoms with Crippen molar-refractivity contribution in [3.05, 3.63) is 90.0 Å². The molecule has 3 aromatic carbocycles. The second-order valence-corrected chi connectivity index (χ2v) is 8.01. The van der Waals surface area contributed by atoms with Gasteiger partial charge in [-0.25, -0.2) is 4.79 Å². The van der Waals surface area contributed by atoms with Crippen molar-refractivity contribution >= 4 is 11.9 Å². The first kappa shape index (κ1) is 24.8. The fourth-order valence-electron chi connectivity index (χ4n) is 3.22. The molecule has 3 aromatic rings. The predicted octanol–water partition coefficient (Wildman–Crippen LogP) is 4.25. The van der Waals surface area contributed by atoms with Gasteiger partial charge in [0.05, 0.1) is 0 Å². The first-order chi connectivity index (χ1) is 16.4. The van der Waals surface area contributed by atoms with Crippen molar-refractivity contribution in [2.75, 3.05) is 20.3 Å². The second kappa shape index (κ2) is 11.9. The maximum Gasteiger partial charge on any atom is 0.336 e. The van der Waals surface area contributed by atoms with Crippen LogP contribution < -0.4 is 14.8 Å². The monoisotopic (exact) mass is 463 g/mol. The Balaban J connectivity index is 1.38. The van der Waals surface area contributed by atoms with Crippen molar-refractivity contribution in [1.82, 2.24) is 5.32 Å². The first-order valence-electron chi connectivity index (χ1n) is 11.0. The number of aliphatic carboxylic acids is 1. The molecular weight excluding hydrogens is 434 g/mol. The van der Waals surface area contributed by atoms with Gasteiger partial charge in [-0.05, 0) is 60.9 Å². The maximum absolute atomic E-state index is 12.1. The molecule has 0 aliphatic carbocycles. The Kier molecular flexibility index (Phi) is 8.65. The zero-order valence-corrected chi connectivity index (χ0v) is 19.3. The molecule has 0 radical (unpaired) electrons. The van der Waals surface area contributed by atoms with Crippen LogP contribution in [0.4, 0.5) is 0 Å². The number of carbonyl (C=O) groups excluding carboxylic acids is 1. The van der Waals surface area contributed by atoms with E-state index in [-0.39, 0.29) is 18.9 Å². The first-order valence-corrected chi connectivity index (χ1v) is 11.0. The van der Waals surface area contributed by atoms with E-state index < -0.39 is 11.6 Å². The Morgan fingerprint density at radius 1 is 0.853 bits per heavy atom. The van der Waals surface area contributed by atoms with E-state index in [0.29, 0.717) is 18.7 Å². The summed E-state index contributed by atoms with van der Waals surface area (Å²) in [6.07, 6.45) is 0.910. The lowest BCUT2D eigenvalue weighted by atomic mass is 9.96. The molecule has 0 bridgehead atoms. The zero-order valence-electron chi connectivity index (χ0n) is 19.3. The molecule has 0 heterocycles. The van der Waals surface area contributed by atoms with Gasteiger partial charge in [0.2, 0.25) is 0 Å². The molecule has 178 valence electrons. The standard InChI is InChI=1S/C27H29NO6/c1-27(32-2,26(30)31)18-21-10-12-22(13-11-21)33-19-25(29)28-17-16-20-8-14-24(15-9-20)34-23-6-4-3-5-7-23/h3-15H,16-19H2,1-2H3,(H,28,29)(H,30,31)/t27-/m0/s1. The number of para-hydroxylation sites is 1. The van der Waals surface area contributed by atoms with Crippen molar-refractivity contribution < 1.29 is 28.9 Å². The van der Waals surface area contributed by atoms with Gasteiger partial charge in [-0.1, -0.05) is 42.5 Å². The highest BCUT2D eigenvalue weighted by atomic mass is 16.5. The molecule has 0 aromatic heterocycles. The molecule has 2 N–H and O–H groups in total. The number of benzene rings is 3. The number of hydrogen-bond donors (Lipinski definition) is 2. The highest BCUT2D eigenvalue weighted by Crippen LogP contribution is 2.22. The van der Waals surface area contributed by atoms with Crippen LogP contribution in [-0.2, 0) is 27.2 Å². The lowest BCUT2D eigenvalue weighted by Gasteiger charge is -2.23. The summed E-state index contributed by atoms with van der Waals surface area (Å²) in [5, 5.41) is 12.1. The minimum absolute atomic E-state index is 0.103. The fraction of sp³-hybridized carbons (Fsp3) is 0.259. The van der Waals surface area contributed by atoms with Crippen molar-refractivity contribution in [2.24, 2.45) is 0 Å². The summed E-state index contributed by atoms with van der Waals surface area (Å²) >= 11 is 0. The van der Waals surface area contributed by atoms with E-state index in [1.165, 1.54) is 14.0 Å². The largest absolute Gasteiger partial charge is 0.484 e. The molecule has 0 aliphatic rings. The topological polar surface area (TPSA) is 94.1 Å². The number of nitrogens with one attached hydrogen (secondary N) is 1. The normalized spacial score (nSPS) is 12.4. The number of methoxy groups -OCH3 is 1. The summed E-state index contributed by atoms with van der Waals surface area (Å²) in [5.41, 5.74) is 0.586. The third-order valence-electron chi connectivity index (χ3n) is 5.38. The van der Waals surface area contributed by atoms with Gasteiger partial charge < -0.3 is 24.6 Å². The Labute approximate surface area is 199 Å². The van der Waals surface area contributed by atoms with Crippen molar-refractivity contribution in [3.8, 4) is 17.2 Å². The quantitative estimate of drug-likeness (QED) is 0.417. The van der Waals surface area contributed by atoms with Crippen LogP contribution in [-0.4, -0.2) is 42.8 Å². The Bertz CT molecular complexity index is 1070. The summed E-state index contributed by atoms with van der Waals surface area (Å²) in [4.78, 5) is 23.5. The van der Waals surface area contributed by atoms with Crippen molar-refractivity contribution in [1.29, 1.82) is 0 Å². The Morgan fingerprint density at radius 2 is 1.44 bits per heavy atom. The van der Waals surface area contributed by atoms with Crippen LogP contribution in [0.15, 0.2) is 78.9 Å². The average molecular weight is 464 g/mol. The minimum atomic E-state index is -1.29. The molecule has 0 saturated carbocycles. The number of ether oxygens (including phenoxy) is 3. The third-order valence-corrected chi connectivity index (χ3v) is 5.38. The zero-order chi connectivity index (χ0) is 24.4. The molecule has 1 amide bonds. The predicted molar refractivity (Wildman–Crippen MR) is 128 cm³/mol. The highest BCUT2D eigenvalue weighted by molar-refractivity contribution is 5.78. The summed E-state index contributed by atoms with van der Waals surface area (Å²) in [7, 11) is 1.37. The summed E-state index contributed by atoms with van der Waals surface area (Å²) < 4.78 is 16.4. The van der Waals surface area contributed by atoms with Gasteiger partial charge in [0.1, 0.15) is 17.2 Å². The van der Waals surface area contributed by atoms with Crippen LogP contribution in [0, 0.1) is 0 Å². The lowest BCUT2D eigenvalue weighted by molar-refractivity contribution is -0.159. The summed E-state index contributed by atoms with van der Waals surface area (Å²) in [6.45, 7) is 1.91. The van der Waals surface area contributed by atoms with E-state index in [9.17, 15) is 14.7 Å². The second-order valence-electron chi connectivity index (χ2n) is 8.01. The molecule has 0 saturated heterocycles. The molecule has 0 spiro atoms. The third kappa shape index (κ3) is 7.35. The Hall–Kier alpha value is -3.84. The molecule has 1 atom stereocenters. The van der Waals surface area contributed by atoms with E-state index in [1.54, 1.807) is 24.3 Å². The van der Waals surface area contributed by atoms with Crippen LogP contribution in [0.2, 0.25) is 0 Å². The van der Waals surface area contributed by atoms with Gasteiger partial charge in [0, 0.05) is 20.1 Å². The van der Waals surface area contributed by atoms with E-state index in [4.69, 9.17) is 14.2 Å². The van der Waals surface area contributed by atoms with Gasteiger partial charge >= 0.3 is 5.97 Å². The molecule has 0 aliphatic heterocycles. The number of carbonyl (C=O) groups is 2. The molecule has 0 fully saturated rings. The van der Waals surface area contributed by atoms with Crippen molar-refractivity contribution in [2.45, 2.75) is 25.4 Å². The molecule has 0 unspecified atom stereocenters. The maximum atomic E-state index is 12.1. The summed E-state index contributed by atoms with van der Waals surface area (Å²) in [6, 6.07) is 24.3. The summed E-state index contributed by atoms with van der Waals surface area (Å²) in [5.74, 6) is 0.829. The van der Waals surface area contributed by atoms with Crippen LogP contribution in [0.3, 0.4) is 0 Å². The van der Waals surface area contributed by atoms with Crippen LogP contribution in [0.1, 0.15) is 18.1 Å². The Morgan fingerprint density at radius 3 is 2.06 bits per heavy atom. The lowest BCUT2D eigenvalue weighted by Crippen LogP contribution is -2.39. The minimum Gasteiger partial charge on any atom is -0.484 e. The molecule has 34 heavy (non-hydrogen) atoms. The van der Waals surface area contributed by atoms with Gasteiger partial charge in [0.25, 0.3) is 5.91 Å². The number of carboxylic acids is 1. The number of amides is 1. The molecular formula is C27H29NO6. The number of rotatable bonds is 12. The molecule has 7 nitrogen and oxygen atoms in total. The van der Waals surface area contributed by atoms with Crippen molar-refractivity contribution in [3.63, 3.8) is 0 Å². The smallest absolute Gasteiger partial charge is 0.336 e. The van der Waals surface area contributed by atoms with E-state index >= 15 is 0 Å². The van der Waals surface area contributed by atoms with Crippen LogP contribution in [0.25, 0.3) is 0 Å². The van der Waals surface area contributed by atoms with E-state index in [2.05, 4.69) is 5.32 Å². The van der Waals surface area contributed by atoms with Crippen LogP contribution >= 0.6 is 0 Å². The highest BCUT2D eigenvalue weighted by Gasteiger charge is 2.33. The average Bonchev–Trinajstić information content (AvgIpc) is 2.85. The number of carboxylic acid groups (broad SMARTS) is 1. The SMILES string of the molecule is CO[C@@](C)(Cc1ccc(OCC(=O)NCCc2ccc(Oc3ccccc3)cc2)cc1)C(=O)O.